The molecule has 0 N–H and O–H groups in total. The predicted octanol–water partition coefficient (Wildman–Crippen LogP) is 4.38. The number of carbonyl (C=O) groups excluding carboxylic acids is 1. The van der Waals surface area contributed by atoms with Gasteiger partial charge in [0.05, 0.1) is 0 Å². The molecule has 0 saturated carbocycles. The first-order chi connectivity index (χ1) is 12.8. The van der Waals surface area contributed by atoms with Crippen LogP contribution < -0.4 is 9.64 Å². The number of hydrogen-bond acceptors (Lipinski definition) is 3. The average molecular weight is 387 g/mol. The van der Waals surface area contributed by atoms with Gasteiger partial charge in [-0.3, -0.25) is 4.79 Å². The molecule has 1 amide bonds. The number of aryl methyl sites for hydroxylation is 3. The van der Waals surface area contributed by atoms with E-state index < -0.39 is 6.10 Å². The van der Waals surface area contributed by atoms with Gasteiger partial charge in [0, 0.05) is 36.9 Å². The molecule has 3 rings (SSSR count). The lowest BCUT2D eigenvalue weighted by atomic mass is 10.1. The largest absolute Gasteiger partial charge is 0.481 e. The van der Waals surface area contributed by atoms with Gasteiger partial charge in [-0.15, -0.1) is 0 Å². The maximum Gasteiger partial charge on any atom is 0.263 e. The summed E-state index contributed by atoms with van der Waals surface area (Å²) < 4.78 is 5.97. The summed E-state index contributed by atoms with van der Waals surface area (Å²) in [5.41, 5.74) is 4.52. The molecule has 5 heteroatoms. The number of nitrogens with zero attached hydrogens (tertiary/aromatic N) is 2. The molecule has 4 nitrogen and oxygen atoms in total. The average Bonchev–Trinajstić information content (AvgIpc) is 2.66. The van der Waals surface area contributed by atoms with E-state index in [4.69, 9.17) is 16.3 Å². The van der Waals surface area contributed by atoms with E-state index in [1.807, 2.05) is 62.1 Å². The Morgan fingerprint density at radius 1 is 1.00 bits per heavy atom. The van der Waals surface area contributed by atoms with Gasteiger partial charge in [0.1, 0.15) is 5.75 Å². The van der Waals surface area contributed by atoms with E-state index in [1.165, 1.54) is 5.56 Å². The van der Waals surface area contributed by atoms with E-state index in [9.17, 15) is 4.79 Å². The number of hydrogen-bond donors (Lipinski definition) is 0. The first-order valence-electron chi connectivity index (χ1n) is 9.39. The maximum atomic E-state index is 12.8. The Kier molecular flexibility index (Phi) is 5.95. The monoisotopic (exact) mass is 386 g/mol. The SMILES string of the molecule is Cc1ccc(C)c(O[C@H](C)C(=O)N2CCN(c3cc(Cl)ccc3C)CC2)c1. The van der Waals surface area contributed by atoms with E-state index in [0.29, 0.717) is 13.1 Å². The van der Waals surface area contributed by atoms with Crippen LogP contribution in [0.3, 0.4) is 0 Å². The molecule has 1 atom stereocenters. The van der Waals surface area contributed by atoms with Crippen molar-refractivity contribution in [3.63, 3.8) is 0 Å². The lowest BCUT2D eigenvalue weighted by Crippen LogP contribution is -2.52. The van der Waals surface area contributed by atoms with Gasteiger partial charge in [-0.05, 0) is 62.6 Å². The number of rotatable bonds is 4. The Morgan fingerprint density at radius 2 is 1.67 bits per heavy atom. The van der Waals surface area contributed by atoms with Crippen molar-refractivity contribution in [1.82, 2.24) is 4.90 Å². The fourth-order valence-electron chi connectivity index (χ4n) is 3.42. The third-order valence-electron chi connectivity index (χ3n) is 5.10. The highest BCUT2D eigenvalue weighted by molar-refractivity contribution is 6.30. The van der Waals surface area contributed by atoms with Gasteiger partial charge in [-0.25, -0.2) is 0 Å². The van der Waals surface area contributed by atoms with Gasteiger partial charge in [0.25, 0.3) is 5.91 Å². The zero-order chi connectivity index (χ0) is 19.6. The second-order valence-electron chi connectivity index (χ2n) is 7.27. The molecule has 1 aliphatic rings. The molecule has 0 spiro atoms. The van der Waals surface area contributed by atoms with Gasteiger partial charge < -0.3 is 14.5 Å². The van der Waals surface area contributed by atoms with Gasteiger partial charge in [0.2, 0.25) is 0 Å². The van der Waals surface area contributed by atoms with Gasteiger partial charge in [-0.2, -0.15) is 0 Å². The van der Waals surface area contributed by atoms with Crippen molar-refractivity contribution in [2.45, 2.75) is 33.8 Å². The molecular weight excluding hydrogens is 360 g/mol. The molecule has 0 aliphatic carbocycles. The van der Waals surface area contributed by atoms with Crippen LogP contribution in [0.5, 0.6) is 5.75 Å². The Bertz CT molecular complexity index is 829. The number of anilines is 1. The smallest absolute Gasteiger partial charge is 0.263 e. The Hall–Kier alpha value is -2.20. The third-order valence-corrected chi connectivity index (χ3v) is 5.33. The number of carbonyl (C=O) groups is 1. The molecule has 1 heterocycles. The summed E-state index contributed by atoms with van der Waals surface area (Å²) in [6, 6.07) is 12.0. The highest BCUT2D eigenvalue weighted by Crippen LogP contribution is 2.26. The van der Waals surface area contributed by atoms with Crippen LogP contribution in [0.1, 0.15) is 23.6 Å². The summed E-state index contributed by atoms with van der Waals surface area (Å²) in [6.45, 7) is 10.9. The molecule has 2 aromatic rings. The van der Waals surface area contributed by atoms with Crippen molar-refractivity contribution in [3.05, 3.63) is 58.1 Å². The van der Waals surface area contributed by atoms with Crippen LogP contribution >= 0.6 is 11.6 Å². The summed E-state index contributed by atoms with van der Waals surface area (Å²) in [5.74, 6) is 0.822. The van der Waals surface area contributed by atoms with Gasteiger partial charge >= 0.3 is 0 Å². The molecule has 0 unspecified atom stereocenters. The predicted molar refractivity (Wildman–Crippen MR) is 111 cm³/mol. The molecular formula is C22H27ClN2O2. The van der Waals surface area contributed by atoms with Crippen molar-refractivity contribution in [1.29, 1.82) is 0 Å². The number of ether oxygens (including phenoxy) is 1. The summed E-state index contributed by atoms with van der Waals surface area (Å²) in [4.78, 5) is 17.0. The van der Waals surface area contributed by atoms with E-state index in [0.717, 1.165) is 40.7 Å². The maximum absolute atomic E-state index is 12.8. The zero-order valence-electron chi connectivity index (χ0n) is 16.5. The second-order valence-corrected chi connectivity index (χ2v) is 7.71. The Labute approximate surface area is 166 Å². The Balaban J connectivity index is 1.61. The number of halogens is 1. The molecule has 1 aliphatic heterocycles. The van der Waals surface area contributed by atoms with E-state index >= 15 is 0 Å². The quantitative estimate of drug-likeness (QED) is 0.781. The molecule has 0 radical (unpaired) electrons. The standard InChI is InChI=1S/C22H27ClN2O2/c1-15-5-6-17(3)21(13-15)27-18(4)22(26)25-11-9-24(10-12-25)20-14-19(23)8-7-16(20)2/h5-8,13-14,18H,9-12H2,1-4H3/t18-/m1/s1. The minimum absolute atomic E-state index is 0.0402. The number of amides is 1. The van der Waals surface area contributed by atoms with Crippen molar-refractivity contribution in [2.75, 3.05) is 31.1 Å². The topological polar surface area (TPSA) is 32.8 Å². The van der Waals surface area contributed by atoms with Crippen molar-refractivity contribution in [3.8, 4) is 5.75 Å². The molecule has 27 heavy (non-hydrogen) atoms. The van der Waals surface area contributed by atoms with E-state index in [1.54, 1.807) is 0 Å². The first kappa shape index (κ1) is 19.6. The lowest BCUT2D eigenvalue weighted by molar-refractivity contribution is -0.138. The summed E-state index contributed by atoms with van der Waals surface area (Å²) in [7, 11) is 0. The fourth-order valence-corrected chi connectivity index (χ4v) is 3.59. The van der Waals surface area contributed by atoms with Crippen LogP contribution in [0.4, 0.5) is 5.69 Å². The molecule has 1 fully saturated rings. The summed E-state index contributed by atoms with van der Waals surface area (Å²) in [6.07, 6.45) is -0.495. The van der Waals surface area contributed by atoms with E-state index in [2.05, 4.69) is 11.8 Å². The van der Waals surface area contributed by atoms with E-state index in [-0.39, 0.29) is 5.91 Å². The van der Waals surface area contributed by atoms with Gasteiger partial charge in [-0.1, -0.05) is 29.8 Å². The van der Waals surface area contributed by atoms with Crippen LogP contribution in [0.25, 0.3) is 0 Å². The molecule has 1 saturated heterocycles. The third kappa shape index (κ3) is 4.56. The summed E-state index contributed by atoms with van der Waals surface area (Å²) in [5, 5.41) is 0.740. The molecule has 0 aromatic heterocycles. The normalized spacial score (nSPS) is 15.6. The van der Waals surface area contributed by atoms with Crippen LogP contribution in [0, 0.1) is 20.8 Å². The Morgan fingerprint density at radius 3 is 2.37 bits per heavy atom. The van der Waals surface area contributed by atoms with Crippen molar-refractivity contribution >= 4 is 23.2 Å². The van der Waals surface area contributed by atoms with Crippen molar-refractivity contribution in [2.24, 2.45) is 0 Å². The van der Waals surface area contributed by atoms with Crippen LogP contribution in [0.15, 0.2) is 36.4 Å². The minimum Gasteiger partial charge on any atom is -0.481 e. The molecule has 0 bridgehead atoms. The van der Waals surface area contributed by atoms with Gasteiger partial charge in [0.15, 0.2) is 6.10 Å². The number of benzene rings is 2. The highest BCUT2D eigenvalue weighted by atomic mass is 35.5. The van der Waals surface area contributed by atoms with Crippen LogP contribution in [-0.2, 0) is 4.79 Å². The molecule has 2 aromatic carbocycles. The first-order valence-corrected chi connectivity index (χ1v) is 9.77. The number of piperazine rings is 1. The summed E-state index contributed by atoms with van der Waals surface area (Å²) >= 11 is 6.15. The van der Waals surface area contributed by atoms with Crippen molar-refractivity contribution < 1.29 is 9.53 Å². The highest BCUT2D eigenvalue weighted by Gasteiger charge is 2.27. The van der Waals surface area contributed by atoms with Crippen LogP contribution in [0.2, 0.25) is 5.02 Å². The van der Waals surface area contributed by atoms with Crippen LogP contribution in [-0.4, -0.2) is 43.1 Å². The fraction of sp³-hybridized carbons (Fsp3) is 0.409. The zero-order valence-corrected chi connectivity index (χ0v) is 17.2. The lowest BCUT2D eigenvalue weighted by Gasteiger charge is -2.37. The minimum atomic E-state index is -0.495. The molecule has 144 valence electrons. The second kappa shape index (κ2) is 8.22.